The van der Waals surface area contributed by atoms with Gasteiger partial charge in [-0.2, -0.15) is 4.98 Å². The van der Waals surface area contributed by atoms with Crippen LogP contribution in [-0.4, -0.2) is 49.8 Å². The standard InChI is InChI=1S/C26H21FN4O6/c1-15-13-17(9-8-16(15)10-11-21(32)31-12-4-7-22(31)36-26(33)34)23-29-19-14-28-25(30-24(19)37-23)35-20-6-3-2-5-18(20)27/h2-3,5-6,8-11,13-14,22H,4,7,12H2,1H3,(H,33,34)/b11-10+/t22-/m0/s1. The highest BCUT2D eigenvalue weighted by atomic mass is 19.1. The lowest BCUT2D eigenvalue weighted by atomic mass is 10.0. The van der Waals surface area contributed by atoms with E-state index in [2.05, 4.69) is 15.0 Å². The molecule has 0 aliphatic carbocycles. The second kappa shape index (κ2) is 10.1. The van der Waals surface area contributed by atoms with Crippen LogP contribution in [0.5, 0.6) is 11.8 Å². The van der Waals surface area contributed by atoms with Crippen LogP contribution in [0.25, 0.3) is 28.8 Å². The molecule has 1 fully saturated rings. The molecular weight excluding hydrogens is 483 g/mol. The molecule has 1 aliphatic rings. The summed E-state index contributed by atoms with van der Waals surface area (Å²) in [5.41, 5.74) is 2.94. The maximum Gasteiger partial charge on any atom is 0.507 e. The molecule has 1 atom stereocenters. The highest BCUT2D eigenvalue weighted by molar-refractivity contribution is 5.92. The van der Waals surface area contributed by atoms with Gasteiger partial charge in [0, 0.05) is 24.6 Å². The van der Waals surface area contributed by atoms with E-state index >= 15 is 0 Å². The summed E-state index contributed by atoms with van der Waals surface area (Å²) in [5, 5.41) is 8.85. The zero-order valence-electron chi connectivity index (χ0n) is 19.6. The number of aromatic nitrogens is 3. The molecule has 0 bridgehead atoms. The summed E-state index contributed by atoms with van der Waals surface area (Å²) in [6, 6.07) is 11.3. The highest BCUT2D eigenvalue weighted by Crippen LogP contribution is 2.28. The first-order valence-corrected chi connectivity index (χ1v) is 11.4. The number of fused-ring (bicyclic) bond motifs is 1. The van der Waals surface area contributed by atoms with Crippen molar-refractivity contribution in [3.05, 3.63) is 71.7 Å². The van der Waals surface area contributed by atoms with Crippen LogP contribution in [0.3, 0.4) is 0 Å². The molecule has 37 heavy (non-hydrogen) atoms. The van der Waals surface area contributed by atoms with Crippen LogP contribution in [0.1, 0.15) is 24.0 Å². The molecule has 0 unspecified atom stereocenters. The van der Waals surface area contributed by atoms with Gasteiger partial charge in [0.2, 0.25) is 11.8 Å². The van der Waals surface area contributed by atoms with Crippen LogP contribution in [0.2, 0.25) is 0 Å². The number of aryl methyl sites for hydroxylation is 1. The number of nitrogens with zero attached hydrogens (tertiary/aromatic N) is 4. The first-order valence-electron chi connectivity index (χ1n) is 11.4. The molecule has 3 heterocycles. The smallest absolute Gasteiger partial charge is 0.450 e. The molecule has 2 aromatic carbocycles. The summed E-state index contributed by atoms with van der Waals surface area (Å²) in [4.78, 5) is 37.5. The predicted molar refractivity (Wildman–Crippen MR) is 129 cm³/mol. The van der Waals surface area contributed by atoms with Gasteiger partial charge >= 0.3 is 12.2 Å². The largest absolute Gasteiger partial charge is 0.507 e. The third-order valence-electron chi connectivity index (χ3n) is 5.81. The van der Waals surface area contributed by atoms with Crippen LogP contribution >= 0.6 is 0 Å². The van der Waals surface area contributed by atoms with Gasteiger partial charge in [0.25, 0.3) is 5.71 Å². The van der Waals surface area contributed by atoms with Gasteiger partial charge in [-0.15, -0.1) is 0 Å². The van der Waals surface area contributed by atoms with Gasteiger partial charge in [-0.1, -0.05) is 18.2 Å². The Morgan fingerprint density at radius 2 is 2.05 bits per heavy atom. The summed E-state index contributed by atoms with van der Waals surface area (Å²) in [5.74, 6) is -0.551. The van der Waals surface area contributed by atoms with Crippen LogP contribution in [-0.2, 0) is 9.53 Å². The molecule has 0 radical (unpaired) electrons. The van der Waals surface area contributed by atoms with Crippen LogP contribution in [0.4, 0.5) is 9.18 Å². The lowest BCUT2D eigenvalue weighted by Crippen LogP contribution is -2.37. The van der Waals surface area contributed by atoms with Crippen molar-refractivity contribution >= 4 is 29.4 Å². The zero-order chi connectivity index (χ0) is 25.9. The van der Waals surface area contributed by atoms with Gasteiger partial charge in [0.05, 0.1) is 6.20 Å². The number of halogens is 1. The lowest BCUT2D eigenvalue weighted by molar-refractivity contribution is -0.133. The molecule has 11 heteroatoms. The molecule has 188 valence electrons. The number of carboxylic acid groups (broad SMARTS) is 1. The lowest BCUT2D eigenvalue weighted by Gasteiger charge is -2.21. The van der Waals surface area contributed by atoms with Gasteiger partial charge in [-0.25, -0.2) is 19.2 Å². The number of hydrogen-bond acceptors (Lipinski definition) is 8. The van der Waals surface area contributed by atoms with Crippen molar-refractivity contribution in [2.75, 3.05) is 6.54 Å². The topological polar surface area (TPSA) is 128 Å². The molecule has 4 aromatic rings. The molecule has 10 nitrogen and oxygen atoms in total. The molecular formula is C26H21FN4O6. The number of likely N-dealkylation sites (tertiary alicyclic amines) is 1. The van der Waals surface area contributed by atoms with E-state index in [1.807, 2.05) is 19.1 Å². The van der Waals surface area contributed by atoms with E-state index in [-0.39, 0.29) is 23.4 Å². The zero-order valence-corrected chi connectivity index (χ0v) is 19.6. The molecule has 2 aromatic heterocycles. The van der Waals surface area contributed by atoms with Gasteiger partial charge in [-0.3, -0.25) is 4.79 Å². The van der Waals surface area contributed by atoms with Gasteiger partial charge in [0.1, 0.15) is 5.52 Å². The molecule has 5 rings (SSSR count). The minimum atomic E-state index is -1.40. The fraction of sp³-hybridized carbons (Fsp3) is 0.192. The second-order valence-corrected chi connectivity index (χ2v) is 8.31. The first-order chi connectivity index (χ1) is 17.9. The summed E-state index contributed by atoms with van der Waals surface area (Å²) < 4.78 is 29.9. The predicted octanol–water partition coefficient (Wildman–Crippen LogP) is 5.18. The number of carbonyl (C=O) groups is 2. The van der Waals surface area contributed by atoms with Crippen LogP contribution < -0.4 is 4.74 Å². The third kappa shape index (κ3) is 5.25. The van der Waals surface area contributed by atoms with Crippen molar-refractivity contribution in [2.45, 2.75) is 26.0 Å². The van der Waals surface area contributed by atoms with Crippen molar-refractivity contribution in [1.29, 1.82) is 0 Å². The quantitative estimate of drug-likeness (QED) is 0.279. The number of rotatable bonds is 6. The van der Waals surface area contributed by atoms with E-state index in [4.69, 9.17) is 19.0 Å². The second-order valence-electron chi connectivity index (χ2n) is 8.31. The van der Waals surface area contributed by atoms with Crippen molar-refractivity contribution in [2.24, 2.45) is 0 Å². The van der Waals surface area contributed by atoms with Crippen molar-refractivity contribution in [3.8, 4) is 23.2 Å². The van der Waals surface area contributed by atoms with E-state index in [1.165, 1.54) is 29.3 Å². The summed E-state index contributed by atoms with van der Waals surface area (Å²) in [7, 11) is 0. The molecule has 1 N–H and O–H groups in total. The Bertz CT molecular complexity index is 1520. The third-order valence-corrected chi connectivity index (χ3v) is 5.81. The van der Waals surface area contributed by atoms with E-state index < -0.39 is 18.2 Å². The SMILES string of the molecule is Cc1cc(-c2nc3cnc(Oc4ccccc4F)nc3o2)ccc1/C=C/C(=O)N1CCC[C@@H]1OC(=O)O. The minimum absolute atomic E-state index is 0.00555. The number of para-hydroxylation sites is 1. The minimum Gasteiger partial charge on any atom is -0.450 e. The van der Waals surface area contributed by atoms with E-state index in [1.54, 1.807) is 24.3 Å². The normalized spacial score (nSPS) is 15.4. The molecule has 0 saturated carbocycles. The number of hydrogen-bond donors (Lipinski definition) is 1. The summed E-state index contributed by atoms with van der Waals surface area (Å²) in [6.07, 6.45) is 3.49. The van der Waals surface area contributed by atoms with Crippen LogP contribution in [0, 0.1) is 12.7 Å². The van der Waals surface area contributed by atoms with Gasteiger partial charge in [0.15, 0.2) is 17.8 Å². The fourth-order valence-electron chi connectivity index (χ4n) is 4.00. The molecule has 1 amide bonds. The molecule has 0 spiro atoms. The van der Waals surface area contributed by atoms with Gasteiger partial charge < -0.3 is 23.9 Å². The number of amides is 1. The van der Waals surface area contributed by atoms with E-state index in [9.17, 15) is 14.0 Å². The van der Waals surface area contributed by atoms with Crippen LogP contribution in [0.15, 0.2) is 59.2 Å². The maximum atomic E-state index is 13.9. The average Bonchev–Trinajstić information content (AvgIpc) is 3.51. The Morgan fingerprint density at radius 1 is 1.22 bits per heavy atom. The average molecular weight is 504 g/mol. The first kappa shape index (κ1) is 23.9. The van der Waals surface area contributed by atoms with Crippen molar-refractivity contribution in [3.63, 3.8) is 0 Å². The van der Waals surface area contributed by atoms with Gasteiger partial charge in [-0.05, 0) is 54.8 Å². The Balaban J connectivity index is 1.31. The maximum absolute atomic E-state index is 13.9. The summed E-state index contributed by atoms with van der Waals surface area (Å²) >= 11 is 0. The highest BCUT2D eigenvalue weighted by Gasteiger charge is 2.30. The van der Waals surface area contributed by atoms with Crippen molar-refractivity contribution in [1.82, 2.24) is 19.9 Å². The number of carbonyl (C=O) groups excluding carboxylic acids is 1. The van der Waals surface area contributed by atoms with E-state index in [0.717, 1.165) is 11.1 Å². The summed E-state index contributed by atoms with van der Waals surface area (Å²) in [6.45, 7) is 2.31. The molecule has 1 saturated heterocycles. The Hall–Kier alpha value is -4.80. The van der Waals surface area contributed by atoms with Crippen molar-refractivity contribution < 1.29 is 33.0 Å². The number of oxazole rings is 1. The number of ether oxygens (including phenoxy) is 2. The number of benzene rings is 2. The Labute approximate surface area is 210 Å². The fourth-order valence-corrected chi connectivity index (χ4v) is 4.00. The molecule has 1 aliphatic heterocycles. The monoisotopic (exact) mass is 504 g/mol. The Morgan fingerprint density at radius 3 is 2.84 bits per heavy atom. The van der Waals surface area contributed by atoms with E-state index in [0.29, 0.717) is 36.4 Å². The Kier molecular flexibility index (Phi) is 6.50.